The van der Waals surface area contributed by atoms with Crippen LogP contribution >= 0.6 is 0 Å². The first-order chi connectivity index (χ1) is 13.6. The van der Waals surface area contributed by atoms with Crippen molar-refractivity contribution in [2.45, 2.75) is 49.5 Å². The van der Waals surface area contributed by atoms with Gasteiger partial charge in [-0.1, -0.05) is 24.6 Å². The van der Waals surface area contributed by atoms with E-state index in [-0.39, 0.29) is 10.8 Å². The van der Waals surface area contributed by atoms with Gasteiger partial charge >= 0.3 is 0 Å². The summed E-state index contributed by atoms with van der Waals surface area (Å²) >= 11 is 0. The smallest absolute Gasteiger partial charge is 0.257 e. The van der Waals surface area contributed by atoms with Crippen LogP contribution in [0.15, 0.2) is 41.4 Å². The number of amides is 1. The van der Waals surface area contributed by atoms with E-state index in [4.69, 9.17) is 0 Å². The number of carbonyl (C=O) groups excluding carboxylic acids is 1. The van der Waals surface area contributed by atoms with Gasteiger partial charge in [0.2, 0.25) is 10.0 Å². The molecule has 7 nitrogen and oxygen atoms in total. The monoisotopic (exact) mass is 402 g/mol. The molecule has 3 heterocycles. The molecule has 1 amide bonds. The topological polar surface area (TPSA) is 86.4 Å². The Labute approximate surface area is 165 Å². The Morgan fingerprint density at radius 2 is 1.71 bits per heavy atom. The van der Waals surface area contributed by atoms with Crippen LogP contribution < -0.4 is 0 Å². The second kappa shape index (κ2) is 8.05. The molecule has 2 aliphatic heterocycles. The van der Waals surface area contributed by atoms with E-state index in [2.05, 4.69) is 10.2 Å². The van der Waals surface area contributed by atoms with Crippen molar-refractivity contribution in [2.24, 2.45) is 0 Å². The number of nitrogens with zero attached hydrogens (tertiary/aromatic N) is 3. The Bertz CT molecular complexity index is 920. The number of aromatic amines is 1. The van der Waals surface area contributed by atoms with E-state index in [9.17, 15) is 13.2 Å². The van der Waals surface area contributed by atoms with E-state index >= 15 is 0 Å². The molecule has 2 aromatic rings. The number of likely N-dealkylation sites (tertiary alicyclic amines) is 1. The molecule has 0 spiro atoms. The second-order valence-electron chi connectivity index (χ2n) is 7.49. The average molecular weight is 403 g/mol. The van der Waals surface area contributed by atoms with E-state index in [0.29, 0.717) is 24.2 Å². The molecule has 1 N–H and O–H groups in total. The van der Waals surface area contributed by atoms with Gasteiger partial charge in [-0.15, -0.1) is 0 Å². The summed E-state index contributed by atoms with van der Waals surface area (Å²) in [6.45, 7) is 1.94. The zero-order valence-electron chi connectivity index (χ0n) is 15.9. The zero-order valence-corrected chi connectivity index (χ0v) is 16.7. The standard InChI is InChI=1S/C20H26N4O3S/c25-20(23-12-6-2-7-13-23)17-15-21-22-19(17)18-11-5-8-14-24(18)28(26,27)16-9-3-1-4-10-16/h1,3-4,9-10,15,18H,2,5-8,11-14H2,(H,21,22)/t18-/m1/s1. The van der Waals surface area contributed by atoms with Crippen LogP contribution in [-0.2, 0) is 10.0 Å². The quantitative estimate of drug-likeness (QED) is 0.852. The first-order valence-corrected chi connectivity index (χ1v) is 11.4. The zero-order chi connectivity index (χ0) is 19.6. The average Bonchev–Trinajstić information content (AvgIpc) is 3.24. The van der Waals surface area contributed by atoms with Gasteiger partial charge in [-0.05, 0) is 44.2 Å². The molecule has 0 radical (unpaired) electrons. The number of carbonyl (C=O) groups is 1. The predicted octanol–water partition coefficient (Wildman–Crippen LogP) is 2.95. The highest BCUT2D eigenvalue weighted by Crippen LogP contribution is 2.36. The molecule has 1 atom stereocenters. The number of rotatable bonds is 4. The fourth-order valence-corrected chi connectivity index (χ4v) is 5.88. The molecular formula is C20H26N4O3S. The van der Waals surface area contributed by atoms with E-state index in [1.54, 1.807) is 36.5 Å². The third-order valence-corrected chi connectivity index (χ3v) is 7.60. The predicted molar refractivity (Wildman–Crippen MR) is 105 cm³/mol. The maximum absolute atomic E-state index is 13.3. The van der Waals surface area contributed by atoms with Gasteiger partial charge in [0.15, 0.2) is 0 Å². The summed E-state index contributed by atoms with van der Waals surface area (Å²) in [4.78, 5) is 15.2. The third-order valence-electron chi connectivity index (χ3n) is 5.68. The number of H-pyrrole nitrogens is 1. The summed E-state index contributed by atoms with van der Waals surface area (Å²) in [5.74, 6) is -0.0499. The first kappa shape index (κ1) is 19.1. The molecule has 28 heavy (non-hydrogen) atoms. The molecule has 2 fully saturated rings. The SMILES string of the molecule is O=C(c1cn[nH]c1[C@H]1CCCCN1S(=O)(=O)c1ccccc1)N1CCCCC1. The summed E-state index contributed by atoms with van der Waals surface area (Å²) in [5.41, 5.74) is 1.12. The molecule has 1 aromatic carbocycles. The van der Waals surface area contributed by atoms with Gasteiger partial charge in [0.25, 0.3) is 5.91 Å². The van der Waals surface area contributed by atoms with Gasteiger partial charge < -0.3 is 4.90 Å². The summed E-state index contributed by atoms with van der Waals surface area (Å²) in [6.07, 6.45) is 7.12. The van der Waals surface area contributed by atoms with Crippen molar-refractivity contribution in [1.29, 1.82) is 0 Å². The molecule has 0 saturated carbocycles. The Balaban J connectivity index is 1.66. The molecule has 0 bridgehead atoms. The van der Waals surface area contributed by atoms with Gasteiger partial charge in [-0.3, -0.25) is 9.89 Å². The first-order valence-electron chi connectivity index (χ1n) is 9.98. The van der Waals surface area contributed by atoms with E-state index < -0.39 is 16.1 Å². The van der Waals surface area contributed by atoms with Gasteiger partial charge in [-0.25, -0.2) is 8.42 Å². The van der Waals surface area contributed by atoms with E-state index in [0.717, 1.165) is 45.2 Å². The lowest BCUT2D eigenvalue weighted by Crippen LogP contribution is -2.40. The highest BCUT2D eigenvalue weighted by atomic mass is 32.2. The van der Waals surface area contributed by atoms with Crippen LogP contribution in [0.1, 0.15) is 60.6 Å². The van der Waals surface area contributed by atoms with Crippen molar-refractivity contribution in [3.8, 4) is 0 Å². The molecule has 0 aliphatic carbocycles. The van der Waals surface area contributed by atoms with Crippen LogP contribution in [0.2, 0.25) is 0 Å². The van der Waals surface area contributed by atoms with Crippen molar-refractivity contribution in [3.63, 3.8) is 0 Å². The summed E-state index contributed by atoms with van der Waals surface area (Å²) in [7, 11) is -3.64. The van der Waals surface area contributed by atoms with Crippen LogP contribution in [-0.4, -0.2) is 53.4 Å². The van der Waals surface area contributed by atoms with Crippen LogP contribution in [0.25, 0.3) is 0 Å². The lowest BCUT2D eigenvalue weighted by molar-refractivity contribution is 0.0720. The number of piperidine rings is 2. The Morgan fingerprint density at radius 3 is 2.46 bits per heavy atom. The van der Waals surface area contributed by atoms with Crippen molar-refractivity contribution < 1.29 is 13.2 Å². The number of sulfonamides is 1. The highest BCUT2D eigenvalue weighted by molar-refractivity contribution is 7.89. The number of nitrogens with one attached hydrogen (secondary N) is 1. The van der Waals surface area contributed by atoms with Gasteiger partial charge in [0, 0.05) is 19.6 Å². The van der Waals surface area contributed by atoms with Gasteiger partial charge in [0.1, 0.15) is 0 Å². The van der Waals surface area contributed by atoms with Gasteiger partial charge in [0.05, 0.1) is 28.4 Å². The maximum atomic E-state index is 13.3. The lowest BCUT2D eigenvalue weighted by atomic mass is 9.98. The summed E-state index contributed by atoms with van der Waals surface area (Å²) < 4.78 is 28.1. The Morgan fingerprint density at radius 1 is 1.00 bits per heavy atom. The van der Waals surface area contributed by atoms with Crippen molar-refractivity contribution >= 4 is 15.9 Å². The Hall–Kier alpha value is -2.19. The lowest BCUT2D eigenvalue weighted by Gasteiger charge is -2.35. The second-order valence-corrected chi connectivity index (χ2v) is 9.38. The fraction of sp³-hybridized carbons (Fsp3) is 0.500. The van der Waals surface area contributed by atoms with E-state index in [1.165, 1.54) is 4.31 Å². The van der Waals surface area contributed by atoms with Crippen molar-refractivity contribution in [3.05, 3.63) is 47.8 Å². The molecular weight excluding hydrogens is 376 g/mol. The van der Waals surface area contributed by atoms with E-state index in [1.807, 2.05) is 4.90 Å². The molecule has 1 aromatic heterocycles. The number of benzene rings is 1. The number of aromatic nitrogens is 2. The molecule has 8 heteroatoms. The summed E-state index contributed by atoms with van der Waals surface area (Å²) in [6, 6.07) is 8.10. The third kappa shape index (κ3) is 3.58. The molecule has 150 valence electrons. The maximum Gasteiger partial charge on any atom is 0.257 e. The van der Waals surface area contributed by atoms with Gasteiger partial charge in [-0.2, -0.15) is 9.40 Å². The minimum Gasteiger partial charge on any atom is -0.339 e. The Kier molecular flexibility index (Phi) is 5.50. The minimum atomic E-state index is -3.64. The van der Waals surface area contributed by atoms with Crippen LogP contribution in [0.5, 0.6) is 0 Å². The van der Waals surface area contributed by atoms with Crippen molar-refractivity contribution in [2.75, 3.05) is 19.6 Å². The largest absolute Gasteiger partial charge is 0.339 e. The number of hydrogen-bond acceptors (Lipinski definition) is 4. The van der Waals surface area contributed by atoms with Crippen LogP contribution in [0.3, 0.4) is 0 Å². The normalized spacial score (nSPS) is 21.6. The summed E-state index contributed by atoms with van der Waals surface area (Å²) in [5, 5.41) is 7.05. The minimum absolute atomic E-state index is 0.0499. The molecule has 0 unspecified atom stereocenters. The molecule has 2 saturated heterocycles. The van der Waals surface area contributed by atoms with Crippen LogP contribution in [0.4, 0.5) is 0 Å². The van der Waals surface area contributed by atoms with Crippen molar-refractivity contribution in [1.82, 2.24) is 19.4 Å². The highest BCUT2D eigenvalue weighted by Gasteiger charge is 2.37. The molecule has 2 aliphatic rings. The van der Waals surface area contributed by atoms with Crippen LogP contribution in [0, 0.1) is 0 Å². The fourth-order valence-electron chi connectivity index (χ4n) is 4.20. The molecule has 4 rings (SSSR count). The number of hydrogen-bond donors (Lipinski definition) is 1.